The molecular formula is C20H20N4O4. The van der Waals surface area contributed by atoms with Gasteiger partial charge in [-0.15, -0.1) is 0 Å². The van der Waals surface area contributed by atoms with Gasteiger partial charge in [0.15, 0.2) is 11.5 Å². The second-order valence-electron chi connectivity index (χ2n) is 5.96. The lowest BCUT2D eigenvalue weighted by Crippen LogP contribution is -2.15. The molecule has 2 N–H and O–H groups in total. The molecule has 4 rings (SSSR count). The van der Waals surface area contributed by atoms with Crippen LogP contribution in [-0.4, -0.2) is 37.4 Å². The summed E-state index contributed by atoms with van der Waals surface area (Å²) in [6, 6.07) is 13.0. The highest BCUT2D eigenvalue weighted by Crippen LogP contribution is 2.34. The van der Waals surface area contributed by atoms with Gasteiger partial charge in [0.05, 0.1) is 19.9 Å². The van der Waals surface area contributed by atoms with E-state index < -0.39 is 0 Å². The van der Waals surface area contributed by atoms with Gasteiger partial charge in [-0.2, -0.15) is 0 Å². The van der Waals surface area contributed by atoms with Crippen molar-refractivity contribution < 1.29 is 18.9 Å². The molecule has 0 spiro atoms. The Morgan fingerprint density at radius 3 is 2.39 bits per heavy atom. The zero-order valence-corrected chi connectivity index (χ0v) is 15.6. The Bertz CT molecular complexity index is 980. The maximum Gasteiger partial charge on any atom is 0.163 e. The van der Waals surface area contributed by atoms with E-state index in [-0.39, 0.29) is 0 Å². The van der Waals surface area contributed by atoms with Crippen molar-refractivity contribution in [3.8, 4) is 23.0 Å². The van der Waals surface area contributed by atoms with Crippen molar-refractivity contribution in [3.63, 3.8) is 0 Å². The Kier molecular flexibility index (Phi) is 5.01. The van der Waals surface area contributed by atoms with Gasteiger partial charge in [-0.05, 0) is 24.3 Å². The number of ether oxygens (including phenoxy) is 4. The smallest absolute Gasteiger partial charge is 0.163 e. The molecule has 0 amide bonds. The van der Waals surface area contributed by atoms with E-state index in [9.17, 15) is 0 Å². The normalized spacial score (nSPS) is 12.2. The SMILES string of the molecule is COc1ccc(OC)c(Nc2cc(Nc3ccc4c(c3)OCCO4)ncn2)c1. The third kappa shape index (κ3) is 3.85. The molecule has 0 saturated carbocycles. The van der Waals surface area contributed by atoms with Crippen LogP contribution in [0.2, 0.25) is 0 Å². The van der Waals surface area contributed by atoms with Gasteiger partial charge in [0, 0.05) is 23.9 Å². The van der Waals surface area contributed by atoms with E-state index in [1.54, 1.807) is 20.3 Å². The van der Waals surface area contributed by atoms with Crippen molar-refractivity contribution in [2.24, 2.45) is 0 Å². The molecule has 0 atom stereocenters. The number of anilines is 4. The zero-order valence-electron chi connectivity index (χ0n) is 15.6. The van der Waals surface area contributed by atoms with Crippen molar-refractivity contribution in [1.82, 2.24) is 9.97 Å². The maximum absolute atomic E-state index is 5.62. The first kappa shape index (κ1) is 17.7. The summed E-state index contributed by atoms with van der Waals surface area (Å²) in [7, 11) is 3.23. The largest absolute Gasteiger partial charge is 0.497 e. The van der Waals surface area contributed by atoms with Crippen LogP contribution in [0.3, 0.4) is 0 Å². The first-order valence-corrected chi connectivity index (χ1v) is 8.73. The van der Waals surface area contributed by atoms with Crippen LogP contribution in [0.1, 0.15) is 0 Å². The average molecular weight is 380 g/mol. The van der Waals surface area contributed by atoms with Crippen LogP contribution in [0, 0.1) is 0 Å². The van der Waals surface area contributed by atoms with E-state index in [1.807, 2.05) is 36.4 Å². The van der Waals surface area contributed by atoms with Gasteiger partial charge in [-0.1, -0.05) is 0 Å². The molecule has 8 nitrogen and oxygen atoms in total. The second kappa shape index (κ2) is 7.91. The molecule has 28 heavy (non-hydrogen) atoms. The minimum absolute atomic E-state index is 0.542. The van der Waals surface area contributed by atoms with Crippen LogP contribution in [0.5, 0.6) is 23.0 Å². The van der Waals surface area contributed by atoms with Crippen molar-refractivity contribution in [1.29, 1.82) is 0 Å². The molecule has 2 aromatic carbocycles. The van der Waals surface area contributed by atoms with Gasteiger partial charge >= 0.3 is 0 Å². The van der Waals surface area contributed by atoms with Crippen LogP contribution < -0.4 is 29.6 Å². The minimum Gasteiger partial charge on any atom is -0.497 e. The fourth-order valence-electron chi connectivity index (χ4n) is 2.81. The summed E-state index contributed by atoms with van der Waals surface area (Å²) in [6.45, 7) is 1.11. The molecule has 0 fully saturated rings. The highest BCUT2D eigenvalue weighted by molar-refractivity contribution is 5.69. The number of fused-ring (bicyclic) bond motifs is 1. The summed E-state index contributed by atoms with van der Waals surface area (Å²) in [5.41, 5.74) is 1.58. The predicted octanol–water partition coefficient (Wildman–Crippen LogP) is 3.75. The van der Waals surface area contributed by atoms with Gasteiger partial charge in [-0.3, -0.25) is 0 Å². The molecule has 1 aliphatic heterocycles. The Morgan fingerprint density at radius 2 is 1.61 bits per heavy atom. The first-order chi connectivity index (χ1) is 13.7. The van der Waals surface area contributed by atoms with E-state index in [0.29, 0.717) is 42.1 Å². The minimum atomic E-state index is 0.542. The van der Waals surface area contributed by atoms with Crippen LogP contribution in [0.4, 0.5) is 23.0 Å². The standard InChI is InChI=1S/C20H20N4O4/c1-25-14-4-6-16(26-2)15(10-14)24-20-11-19(21-12-22-20)23-13-3-5-17-18(9-13)28-8-7-27-17/h3-6,9-12H,7-8H2,1-2H3,(H2,21,22,23,24). The predicted molar refractivity (Wildman–Crippen MR) is 106 cm³/mol. The molecule has 3 aromatic rings. The lowest BCUT2D eigenvalue weighted by atomic mass is 10.2. The third-order valence-corrected chi connectivity index (χ3v) is 4.15. The Balaban J connectivity index is 1.54. The van der Waals surface area contributed by atoms with E-state index in [2.05, 4.69) is 20.6 Å². The van der Waals surface area contributed by atoms with Gasteiger partial charge in [-0.25, -0.2) is 9.97 Å². The van der Waals surface area contributed by atoms with Gasteiger partial charge in [0.2, 0.25) is 0 Å². The lowest BCUT2D eigenvalue weighted by Gasteiger charge is -2.19. The lowest BCUT2D eigenvalue weighted by molar-refractivity contribution is 0.171. The molecule has 2 heterocycles. The van der Waals surface area contributed by atoms with Crippen molar-refractivity contribution in [3.05, 3.63) is 48.8 Å². The summed E-state index contributed by atoms with van der Waals surface area (Å²) in [5.74, 6) is 4.10. The van der Waals surface area contributed by atoms with E-state index in [1.165, 1.54) is 6.33 Å². The Hall–Kier alpha value is -3.68. The summed E-state index contributed by atoms with van der Waals surface area (Å²) in [5, 5.41) is 6.48. The van der Waals surface area contributed by atoms with Gasteiger partial charge in [0.1, 0.15) is 42.7 Å². The summed E-state index contributed by atoms with van der Waals surface area (Å²) in [6.07, 6.45) is 1.48. The topological polar surface area (TPSA) is 86.8 Å². The average Bonchev–Trinajstić information content (AvgIpc) is 2.74. The number of nitrogens with one attached hydrogen (secondary N) is 2. The van der Waals surface area contributed by atoms with Gasteiger partial charge < -0.3 is 29.6 Å². The van der Waals surface area contributed by atoms with Crippen molar-refractivity contribution in [2.75, 3.05) is 38.1 Å². The quantitative estimate of drug-likeness (QED) is 0.669. The highest BCUT2D eigenvalue weighted by Gasteiger charge is 2.12. The van der Waals surface area contributed by atoms with Crippen LogP contribution in [-0.2, 0) is 0 Å². The van der Waals surface area contributed by atoms with Crippen molar-refractivity contribution >= 4 is 23.0 Å². The molecule has 1 aliphatic rings. The molecular weight excluding hydrogens is 360 g/mol. The molecule has 1 aromatic heterocycles. The zero-order chi connectivity index (χ0) is 19.3. The molecule has 8 heteroatoms. The van der Waals surface area contributed by atoms with Crippen LogP contribution in [0.15, 0.2) is 48.8 Å². The summed E-state index contributed by atoms with van der Waals surface area (Å²) >= 11 is 0. The number of methoxy groups -OCH3 is 2. The molecule has 0 aliphatic carbocycles. The van der Waals surface area contributed by atoms with Gasteiger partial charge in [0.25, 0.3) is 0 Å². The van der Waals surface area contributed by atoms with Crippen molar-refractivity contribution in [2.45, 2.75) is 0 Å². The maximum atomic E-state index is 5.62. The molecule has 0 bridgehead atoms. The number of benzene rings is 2. The number of nitrogens with zero attached hydrogens (tertiary/aromatic N) is 2. The Morgan fingerprint density at radius 1 is 0.821 bits per heavy atom. The second-order valence-corrected chi connectivity index (χ2v) is 5.96. The Labute approximate surface area is 162 Å². The number of aromatic nitrogens is 2. The monoisotopic (exact) mass is 380 g/mol. The van der Waals surface area contributed by atoms with E-state index in [0.717, 1.165) is 17.1 Å². The molecule has 0 radical (unpaired) electrons. The molecule has 144 valence electrons. The third-order valence-electron chi connectivity index (χ3n) is 4.15. The number of hydrogen-bond donors (Lipinski definition) is 2. The summed E-state index contributed by atoms with van der Waals surface area (Å²) < 4.78 is 21.8. The van der Waals surface area contributed by atoms with Crippen LogP contribution >= 0.6 is 0 Å². The molecule has 0 saturated heterocycles. The number of hydrogen-bond acceptors (Lipinski definition) is 8. The van der Waals surface area contributed by atoms with Crippen LogP contribution in [0.25, 0.3) is 0 Å². The highest BCUT2D eigenvalue weighted by atomic mass is 16.6. The molecule has 0 unspecified atom stereocenters. The van der Waals surface area contributed by atoms with E-state index in [4.69, 9.17) is 18.9 Å². The first-order valence-electron chi connectivity index (χ1n) is 8.73. The fraction of sp³-hybridized carbons (Fsp3) is 0.200. The fourth-order valence-corrected chi connectivity index (χ4v) is 2.81. The number of rotatable bonds is 6. The summed E-state index contributed by atoms with van der Waals surface area (Å²) in [4.78, 5) is 8.55. The van der Waals surface area contributed by atoms with E-state index >= 15 is 0 Å².